The van der Waals surface area contributed by atoms with Crippen LogP contribution in [0.15, 0.2) is 42.5 Å². The van der Waals surface area contributed by atoms with Gasteiger partial charge in [-0.2, -0.15) is 0 Å². The fraction of sp³-hybridized carbons (Fsp3) is 0.368. The molecule has 112 valence electrons. The molecule has 2 nitrogen and oxygen atoms in total. The summed E-state index contributed by atoms with van der Waals surface area (Å²) >= 11 is 0. The standard InChI is InChI=1S/C19H24O2/c1-14-5-4-6-15(2)19(14)13-17(20)10-7-16-8-11-18(21-3)12-9-16/h4-6,8-9,11-12,17,20H,7,10,13H2,1-3H3. The van der Waals surface area contributed by atoms with E-state index < -0.39 is 0 Å². The van der Waals surface area contributed by atoms with Crippen molar-refractivity contribution in [1.82, 2.24) is 0 Å². The summed E-state index contributed by atoms with van der Waals surface area (Å²) in [6, 6.07) is 14.3. The number of rotatable bonds is 6. The van der Waals surface area contributed by atoms with Gasteiger partial charge in [-0.05, 0) is 67.5 Å². The summed E-state index contributed by atoms with van der Waals surface area (Å²) in [5, 5.41) is 10.3. The smallest absolute Gasteiger partial charge is 0.118 e. The van der Waals surface area contributed by atoms with E-state index in [0.29, 0.717) is 0 Å². The average Bonchev–Trinajstić information content (AvgIpc) is 2.49. The predicted octanol–water partition coefficient (Wildman–Crippen LogP) is 3.85. The molecule has 0 radical (unpaired) electrons. The van der Waals surface area contributed by atoms with Gasteiger partial charge < -0.3 is 9.84 Å². The summed E-state index contributed by atoms with van der Waals surface area (Å²) in [6.07, 6.45) is 2.09. The van der Waals surface area contributed by atoms with Gasteiger partial charge >= 0.3 is 0 Å². The third-order valence-electron chi connectivity index (χ3n) is 4.01. The lowest BCUT2D eigenvalue weighted by Gasteiger charge is -2.15. The van der Waals surface area contributed by atoms with Crippen LogP contribution in [0.3, 0.4) is 0 Å². The Labute approximate surface area is 127 Å². The first-order valence-corrected chi connectivity index (χ1v) is 7.46. The Hall–Kier alpha value is -1.80. The maximum atomic E-state index is 10.3. The first-order valence-electron chi connectivity index (χ1n) is 7.46. The summed E-state index contributed by atoms with van der Waals surface area (Å²) in [4.78, 5) is 0. The molecule has 0 amide bonds. The Kier molecular flexibility index (Phi) is 5.40. The van der Waals surface area contributed by atoms with Crippen molar-refractivity contribution in [3.05, 3.63) is 64.7 Å². The van der Waals surface area contributed by atoms with Gasteiger partial charge in [-0.1, -0.05) is 30.3 Å². The van der Waals surface area contributed by atoms with Crippen molar-refractivity contribution in [3.63, 3.8) is 0 Å². The molecule has 2 aromatic carbocycles. The minimum atomic E-state index is -0.299. The van der Waals surface area contributed by atoms with Gasteiger partial charge in [-0.3, -0.25) is 0 Å². The molecular formula is C19H24O2. The number of aryl methyl sites for hydroxylation is 3. The van der Waals surface area contributed by atoms with Crippen molar-refractivity contribution in [3.8, 4) is 5.75 Å². The normalized spacial score (nSPS) is 12.2. The van der Waals surface area contributed by atoms with E-state index in [1.54, 1.807) is 7.11 Å². The minimum absolute atomic E-state index is 0.299. The highest BCUT2D eigenvalue weighted by atomic mass is 16.5. The SMILES string of the molecule is COc1ccc(CCC(O)Cc2c(C)cccc2C)cc1. The third-order valence-corrected chi connectivity index (χ3v) is 4.01. The molecule has 0 aliphatic heterocycles. The van der Waals surface area contributed by atoms with Crippen LogP contribution in [0.25, 0.3) is 0 Å². The van der Waals surface area contributed by atoms with Gasteiger partial charge in [0, 0.05) is 0 Å². The van der Waals surface area contributed by atoms with Gasteiger partial charge in [0.2, 0.25) is 0 Å². The second-order valence-electron chi connectivity index (χ2n) is 5.62. The average molecular weight is 284 g/mol. The van der Waals surface area contributed by atoms with E-state index in [1.807, 2.05) is 12.1 Å². The van der Waals surface area contributed by atoms with E-state index in [2.05, 4.69) is 44.2 Å². The zero-order valence-electron chi connectivity index (χ0n) is 13.1. The number of hydrogen-bond donors (Lipinski definition) is 1. The highest BCUT2D eigenvalue weighted by Gasteiger charge is 2.10. The summed E-state index contributed by atoms with van der Waals surface area (Å²) in [7, 11) is 1.67. The Balaban J connectivity index is 1.91. The fourth-order valence-corrected chi connectivity index (χ4v) is 2.63. The first kappa shape index (κ1) is 15.6. The Bertz CT molecular complexity index is 552. The van der Waals surface area contributed by atoms with E-state index in [4.69, 9.17) is 4.74 Å². The lowest BCUT2D eigenvalue weighted by atomic mass is 9.95. The number of benzene rings is 2. The lowest BCUT2D eigenvalue weighted by molar-refractivity contribution is 0.165. The number of hydrogen-bond acceptors (Lipinski definition) is 2. The molecule has 1 N–H and O–H groups in total. The molecule has 0 saturated carbocycles. The zero-order valence-corrected chi connectivity index (χ0v) is 13.1. The molecule has 0 saturated heterocycles. The van der Waals surface area contributed by atoms with Crippen molar-refractivity contribution in [1.29, 1.82) is 0 Å². The topological polar surface area (TPSA) is 29.5 Å². The maximum absolute atomic E-state index is 10.3. The molecule has 2 heteroatoms. The summed E-state index contributed by atoms with van der Waals surface area (Å²) < 4.78 is 5.15. The molecule has 0 aliphatic rings. The molecular weight excluding hydrogens is 260 g/mol. The molecule has 0 heterocycles. The van der Waals surface area contributed by atoms with Gasteiger partial charge in [0.05, 0.1) is 13.2 Å². The van der Waals surface area contributed by atoms with Crippen LogP contribution >= 0.6 is 0 Å². The molecule has 0 aliphatic carbocycles. The van der Waals surface area contributed by atoms with E-state index >= 15 is 0 Å². The van der Waals surface area contributed by atoms with Gasteiger partial charge in [-0.25, -0.2) is 0 Å². The van der Waals surface area contributed by atoms with E-state index in [0.717, 1.165) is 25.0 Å². The van der Waals surface area contributed by atoms with E-state index in [1.165, 1.54) is 22.3 Å². The maximum Gasteiger partial charge on any atom is 0.118 e. The molecule has 21 heavy (non-hydrogen) atoms. The number of methoxy groups -OCH3 is 1. The second-order valence-corrected chi connectivity index (χ2v) is 5.62. The minimum Gasteiger partial charge on any atom is -0.497 e. The molecule has 0 spiro atoms. The van der Waals surface area contributed by atoms with Crippen molar-refractivity contribution in [2.45, 2.75) is 39.2 Å². The molecule has 0 bridgehead atoms. The van der Waals surface area contributed by atoms with Crippen LogP contribution in [-0.2, 0) is 12.8 Å². The van der Waals surface area contributed by atoms with Crippen molar-refractivity contribution in [2.24, 2.45) is 0 Å². The van der Waals surface area contributed by atoms with Gasteiger partial charge in [0.1, 0.15) is 5.75 Å². The molecule has 2 aromatic rings. The molecule has 1 unspecified atom stereocenters. The number of aliphatic hydroxyl groups is 1. The summed E-state index contributed by atoms with van der Waals surface area (Å²) in [5.74, 6) is 0.870. The van der Waals surface area contributed by atoms with Crippen molar-refractivity contribution in [2.75, 3.05) is 7.11 Å². The van der Waals surface area contributed by atoms with Crippen LogP contribution in [0.2, 0.25) is 0 Å². The fourth-order valence-electron chi connectivity index (χ4n) is 2.63. The second kappa shape index (κ2) is 7.28. The third kappa shape index (κ3) is 4.33. The molecule has 0 fully saturated rings. The Morgan fingerprint density at radius 3 is 2.19 bits per heavy atom. The molecule has 0 aromatic heterocycles. The summed E-state index contributed by atoms with van der Waals surface area (Å²) in [6.45, 7) is 4.22. The molecule has 1 atom stereocenters. The monoisotopic (exact) mass is 284 g/mol. The van der Waals surface area contributed by atoms with Crippen LogP contribution in [0.4, 0.5) is 0 Å². The Morgan fingerprint density at radius 2 is 1.62 bits per heavy atom. The van der Waals surface area contributed by atoms with Crippen LogP contribution in [0.5, 0.6) is 5.75 Å². The summed E-state index contributed by atoms with van der Waals surface area (Å²) in [5.41, 5.74) is 5.04. The van der Waals surface area contributed by atoms with Gasteiger partial charge in [0.15, 0.2) is 0 Å². The van der Waals surface area contributed by atoms with E-state index in [-0.39, 0.29) is 6.10 Å². The lowest BCUT2D eigenvalue weighted by Crippen LogP contribution is -2.13. The Morgan fingerprint density at radius 1 is 1.00 bits per heavy atom. The largest absolute Gasteiger partial charge is 0.497 e. The van der Waals surface area contributed by atoms with Gasteiger partial charge in [-0.15, -0.1) is 0 Å². The van der Waals surface area contributed by atoms with Crippen LogP contribution in [0, 0.1) is 13.8 Å². The number of aliphatic hydroxyl groups excluding tert-OH is 1. The quantitative estimate of drug-likeness (QED) is 0.873. The molecule has 2 rings (SSSR count). The van der Waals surface area contributed by atoms with Crippen molar-refractivity contribution >= 4 is 0 Å². The first-order chi connectivity index (χ1) is 10.1. The highest BCUT2D eigenvalue weighted by molar-refractivity contribution is 5.34. The van der Waals surface area contributed by atoms with Crippen LogP contribution in [0.1, 0.15) is 28.7 Å². The van der Waals surface area contributed by atoms with E-state index in [9.17, 15) is 5.11 Å². The zero-order chi connectivity index (χ0) is 15.2. The predicted molar refractivity (Wildman–Crippen MR) is 86.9 cm³/mol. The van der Waals surface area contributed by atoms with Crippen LogP contribution < -0.4 is 4.74 Å². The van der Waals surface area contributed by atoms with Crippen molar-refractivity contribution < 1.29 is 9.84 Å². The highest BCUT2D eigenvalue weighted by Crippen LogP contribution is 2.18. The number of ether oxygens (including phenoxy) is 1. The van der Waals surface area contributed by atoms with Gasteiger partial charge in [0.25, 0.3) is 0 Å². The van der Waals surface area contributed by atoms with Crippen LogP contribution in [-0.4, -0.2) is 18.3 Å².